The average Bonchev–Trinajstić information content (AvgIpc) is 3.36. The highest BCUT2D eigenvalue weighted by Gasteiger charge is 2.37. The van der Waals surface area contributed by atoms with Gasteiger partial charge in [-0.25, -0.2) is 0 Å². The average molecular weight is 380 g/mol. The van der Waals surface area contributed by atoms with Crippen LogP contribution in [0.2, 0.25) is 0 Å². The number of likely N-dealkylation sites (N-methyl/N-ethyl adjacent to an activating group) is 1. The molecule has 2 aliphatic heterocycles. The number of aromatic nitrogens is 4. The normalized spacial score (nSPS) is 18.1. The van der Waals surface area contributed by atoms with E-state index in [1.807, 2.05) is 37.4 Å². The molecule has 0 fully saturated rings. The van der Waals surface area contributed by atoms with Crippen molar-refractivity contribution < 1.29 is 14.2 Å². The van der Waals surface area contributed by atoms with Gasteiger partial charge in [-0.1, -0.05) is 12.1 Å². The van der Waals surface area contributed by atoms with Crippen LogP contribution < -0.4 is 19.9 Å². The van der Waals surface area contributed by atoms with Gasteiger partial charge in [-0.15, -0.1) is 5.10 Å². The molecule has 9 heteroatoms. The Hall–Kier alpha value is -3.33. The number of hydrogen-bond acceptors (Lipinski definition) is 8. The van der Waals surface area contributed by atoms with Crippen LogP contribution >= 0.6 is 0 Å². The van der Waals surface area contributed by atoms with Gasteiger partial charge in [0.25, 0.3) is 0 Å². The predicted octanol–water partition coefficient (Wildman–Crippen LogP) is 1.56. The van der Waals surface area contributed by atoms with E-state index in [4.69, 9.17) is 19.9 Å². The Bertz CT molecular complexity index is 1050. The second-order valence-electron chi connectivity index (χ2n) is 6.86. The Kier molecular flexibility index (Phi) is 3.83. The van der Waals surface area contributed by atoms with Gasteiger partial charge in [0, 0.05) is 12.1 Å². The summed E-state index contributed by atoms with van der Waals surface area (Å²) in [5.41, 5.74) is 9.65. The molecule has 0 bridgehead atoms. The van der Waals surface area contributed by atoms with E-state index in [9.17, 15) is 0 Å². The third-order valence-corrected chi connectivity index (χ3v) is 5.30. The molecule has 0 saturated carbocycles. The third-order valence-electron chi connectivity index (χ3n) is 5.30. The smallest absolute Gasteiger partial charge is 0.231 e. The van der Waals surface area contributed by atoms with Gasteiger partial charge < -0.3 is 19.9 Å². The second kappa shape index (κ2) is 6.38. The number of nitrogens with two attached hydrogens (primary N) is 1. The molecule has 2 aliphatic rings. The number of tetrazole rings is 1. The molecule has 3 heterocycles. The molecule has 2 N–H and O–H groups in total. The molecule has 3 aromatic rings. The van der Waals surface area contributed by atoms with Gasteiger partial charge in [-0.2, -0.15) is 4.68 Å². The van der Waals surface area contributed by atoms with Crippen molar-refractivity contribution in [2.45, 2.75) is 12.5 Å². The molecule has 0 spiro atoms. The summed E-state index contributed by atoms with van der Waals surface area (Å²) < 4.78 is 18.7. The van der Waals surface area contributed by atoms with Gasteiger partial charge in [0.15, 0.2) is 17.3 Å². The van der Waals surface area contributed by atoms with E-state index in [-0.39, 0.29) is 12.8 Å². The Morgan fingerprint density at radius 2 is 2.11 bits per heavy atom. The van der Waals surface area contributed by atoms with Gasteiger partial charge >= 0.3 is 0 Å². The van der Waals surface area contributed by atoms with E-state index in [0.29, 0.717) is 28.8 Å². The zero-order valence-corrected chi connectivity index (χ0v) is 15.6. The van der Waals surface area contributed by atoms with Crippen molar-refractivity contribution in [3.05, 3.63) is 47.3 Å². The fourth-order valence-electron chi connectivity index (χ4n) is 3.98. The fourth-order valence-corrected chi connectivity index (χ4v) is 3.98. The monoisotopic (exact) mass is 380 g/mol. The first kappa shape index (κ1) is 16.8. The summed E-state index contributed by atoms with van der Waals surface area (Å²) in [4.78, 5) is 2.20. The molecule has 9 nitrogen and oxygen atoms in total. The highest BCUT2D eigenvalue weighted by Crippen LogP contribution is 2.50. The van der Waals surface area contributed by atoms with Crippen LogP contribution in [0, 0.1) is 0 Å². The molecular formula is C19H20N6O3. The van der Waals surface area contributed by atoms with Crippen LogP contribution in [0.25, 0.3) is 5.69 Å². The Morgan fingerprint density at radius 3 is 2.93 bits per heavy atom. The number of ether oxygens (including phenoxy) is 3. The molecule has 2 aromatic carbocycles. The number of para-hydroxylation sites is 2. The van der Waals surface area contributed by atoms with Gasteiger partial charge in [-0.3, -0.25) is 4.90 Å². The van der Waals surface area contributed by atoms with Gasteiger partial charge in [0.05, 0.1) is 18.5 Å². The van der Waals surface area contributed by atoms with Crippen molar-refractivity contribution in [3.8, 4) is 22.9 Å². The molecule has 0 amide bonds. The minimum atomic E-state index is -0.220. The minimum Gasteiger partial charge on any atom is -0.492 e. The molecule has 144 valence electrons. The van der Waals surface area contributed by atoms with E-state index in [1.165, 1.54) is 0 Å². The molecule has 5 rings (SSSR count). The maximum absolute atomic E-state index is 6.18. The molecule has 0 unspecified atom stereocenters. The van der Waals surface area contributed by atoms with Crippen LogP contribution in [-0.2, 0) is 6.42 Å². The lowest BCUT2D eigenvalue weighted by Gasteiger charge is -2.34. The SMILES string of the molecule is COc1c2c(cc3c1[C@H](c1nnnn1-c1ccccc1N)N(C)CC3)OCO2. The number of rotatable bonds is 3. The van der Waals surface area contributed by atoms with Crippen LogP contribution in [0.5, 0.6) is 17.2 Å². The number of nitrogen functional groups attached to an aromatic ring is 1. The van der Waals surface area contributed by atoms with E-state index in [2.05, 4.69) is 20.4 Å². The molecule has 0 radical (unpaired) electrons. The molecule has 28 heavy (non-hydrogen) atoms. The lowest BCUT2D eigenvalue weighted by Crippen LogP contribution is -2.35. The Morgan fingerprint density at radius 1 is 1.25 bits per heavy atom. The number of methoxy groups -OCH3 is 1. The van der Waals surface area contributed by atoms with Crippen LogP contribution in [0.4, 0.5) is 5.69 Å². The van der Waals surface area contributed by atoms with Crippen LogP contribution in [-0.4, -0.2) is 52.6 Å². The van der Waals surface area contributed by atoms with Crippen LogP contribution in [0.15, 0.2) is 30.3 Å². The summed E-state index contributed by atoms with van der Waals surface area (Å²) in [6.45, 7) is 1.03. The predicted molar refractivity (Wildman–Crippen MR) is 101 cm³/mol. The highest BCUT2D eigenvalue weighted by molar-refractivity contribution is 5.63. The van der Waals surface area contributed by atoms with Crippen LogP contribution in [0.3, 0.4) is 0 Å². The highest BCUT2D eigenvalue weighted by atomic mass is 16.7. The topological polar surface area (TPSA) is 101 Å². The quantitative estimate of drug-likeness (QED) is 0.683. The lowest BCUT2D eigenvalue weighted by molar-refractivity contribution is 0.170. The maximum Gasteiger partial charge on any atom is 0.231 e. The fraction of sp³-hybridized carbons (Fsp3) is 0.316. The molecule has 0 aliphatic carbocycles. The van der Waals surface area contributed by atoms with Crippen molar-refractivity contribution in [1.82, 2.24) is 25.1 Å². The van der Waals surface area contributed by atoms with E-state index >= 15 is 0 Å². The Labute approximate surface area is 161 Å². The Balaban J connectivity index is 1.72. The number of fused-ring (bicyclic) bond motifs is 2. The van der Waals surface area contributed by atoms with Crippen molar-refractivity contribution in [2.75, 3.05) is 33.2 Å². The van der Waals surface area contributed by atoms with Crippen molar-refractivity contribution >= 4 is 5.69 Å². The third kappa shape index (κ3) is 2.40. The van der Waals surface area contributed by atoms with E-state index in [0.717, 1.165) is 29.8 Å². The number of nitrogens with zero attached hydrogens (tertiary/aromatic N) is 5. The van der Waals surface area contributed by atoms with E-state index < -0.39 is 0 Å². The summed E-state index contributed by atoms with van der Waals surface area (Å²) in [7, 11) is 3.69. The first-order chi connectivity index (χ1) is 13.7. The van der Waals surface area contributed by atoms with Gasteiger partial charge in [0.1, 0.15) is 6.04 Å². The second-order valence-corrected chi connectivity index (χ2v) is 6.86. The summed E-state index contributed by atoms with van der Waals surface area (Å²) in [6, 6.07) is 9.34. The van der Waals surface area contributed by atoms with Crippen LogP contribution in [0.1, 0.15) is 23.0 Å². The maximum atomic E-state index is 6.18. The largest absolute Gasteiger partial charge is 0.492 e. The van der Waals surface area contributed by atoms with Gasteiger partial charge in [-0.05, 0) is 47.7 Å². The van der Waals surface area contributed by atoms with Crippen molar-refractivity contribution in [3.63, 3.8) is 0 Å². The van der Waals surface area contributed by atoms with Gasteiger partial charge in [0.2, 0.25) is 12.5 Å². The summed E-state index contributed by atoms with van der Waals surface area (Å²) in [5, 5.41) is 12.5. The molecule has 0 saturated heterocycles. The first-order valence-corrected chi connectivity index (χ1v) is 9.01. The van der Waals surface area contributed by atoms with Crippen molar-refractivity contribution in [2.24, 2.45) is 0 Å². The molecule has 1 aromatic heterocycles. The zero-order valence-electron chi connectivity index (χ0n) is 15.6. The first-order valence-electron chi connectivity index (χ1n) is 9.01. The van der Waals surface area contributed by atoms with Crippen molar-refractivity contribution in [1.29, 1.82) is 0 Å². The standard InChI is InChI=1S/C19H20N6O3/c1-24-8-7-11-9-14-17(28-10-27-14)18(26-2)15(11)16(24)19-21-22-23-25(19)13-6-4-3-5-12(13)20/h3-6,9,16H,7-8,10,20H2,1-2H3/t16-/m1/s1. The molecule has 1 atom stereocenters. The zero-order chi connectivity index (χ0) is 19.3. The number of anilines is 1. The summed E-state index contributed by atoms with van der Waals surface area (Å²) in [6.07, 6.45) is 0.865. The minimum absolute atomic E-state index is 0.188. The lowest BCUT2D eigenvalue weighted by atomic mass is 9.90. The number of hydrogen-bond donors (Lipinski definition) is 1. The summed E-state index contributed by atoms with van der Waals surface area (Å²) >= 11 is 0. The van der Waals surface area contributed by atoms with E-state index in [1.54, 1.807) is 11.8 Å². The summed E-state index contributed by atoms with van der Waals surface area (Å²) in [5.74, 6) is 2.67. The number of benzene rings is 2. The molecular weight excluding hydrogens is 360 g/mol.